The highest BCUT2D eigenvalue weighted by atomic mass is 16.5. The number of piperidine rings is 1. The number of nitrogens with zero attached hydrogens (tertiary/aromatic N) is 3. The van der Waals surface area contributed by atoms with Crippen molar-refractivity contribution in [1.82, 2.24) is 15.5 Å². The van der Waals surface area contributed by atoms with E-state index < -0.39 is 0 Å². The largest absolute Gasteiger partial charge is 0.359 e. The molecular formula is C18H22N4O3. The second kappa shape index (κ2) is 7.04. The molecule has 7 nitrogen and oxygen atoms in total. The van der Waals surface area contributed by atoms with Gasteiger partial charge in [0, 0.05) is 25.7 Å². The van der Waals surface area contributed by atoms with Crippen LogP contribution in [-0.4, -0.2) is 35.5 Å². The fourth-order valence-electron chi connectivity index (χ4n) is 2.93. The van der Waals surface area contributed by atoms with E-state index in [-0.39, 0.29) is 24.2 Å². The molecule has 0 saturated carbocycles. The van der Waals surface area contributed by atoms with E-state index in [0.717, 1.165) is 11.3 Å². The van der Waals surface area contributed by atoms with Gasteiger partial charge in [-0.15, -0.1) is 0 Å². The predicted molar refractivity (Wildman–Crippen MR) is 92.3 cm³/mol. The van der Waals surface area contributed by atoms with E-state index in [1.165, 1.54) is 5.56 Å². The zero-order valence-electron chi connectivity index (χ0n) is 14.7. The highest BCUT2D eigenvalue weighted by Crippen LogP contribution is 2.30. The van der Waals surface area contributed by atoms with Gasteiger partial charge in [-0.25, -0.2) is 0 Å². The minimum absolute atomic E-state index is 0.0229. The number of anilines is 1. The summed E-state index contributed by atoms with van der Waals surface area (Å²) < 4.78 is 5.33. The van der Waals surface area contributed by atoms with Crippen LogP contribution in [0.5, 0.6) is 0 Å². The van der Waals surface area contributed by atoms with Crippen molar-refractivity contribution in [2.45, 2.75) is 39.0 Å². The molecule has 2 heterocycles. The molecule has 2 aromatic rings. The Labute approximate surface area is 146 Å². The lowest BCUT2D eigenvalue weighted by Crippen LogP contribution is -2.39. The first kappa shape index (κ1) is 17.1. The topological polar surface area (TPSA) is 88.3 Å². The summed E-state index contributed by atoms with van der Waals surface area (Å²) in [5.74, 6) is 0.766. The van der Waals surface area contributed by atoms with E-state index in [0.29, 0.717) is 31.1 Å². The van der Waals surface area contributed by atoms with Crippen molar-refractivity contribution >= 4 is 17.5 Å². The molecule has 1 aromatic carbocycles. The minimum atomic E-state index is -0.164. The summed E-state index contributed by atoms with van der Waals surface area (Å²) in [5, 5.41) is 6.40. The molecule has 1 fully saturated rings. The number of aryl methyl sites for hydroxylation is 2. The first-order chi connectivity index (χ1) is 12.0. The van der Waals surface area contributed by atoms with Gasteiger partial charge in [0.05, 0.1) is 12.3 Å². The van der Waals surface area contributed by atoms with Crippen LogP contribution in [0.4, 0.5) is 5.69 Å². The fourth-order valence-corrected chi connectivity index (χ4v) is 2.93. The molecule has 1 N–H and O–H groups in total. The monoisotopic (exact) mass is 342 g/mol. The van der Waals surface area contributed by atoms with Crippen molar-refractivity contribution in [3.63, 3.8) is 0 Å². The van der Waals surface area contributed by atoms with Crippen LogP contribution in [0.1, 0.15) is 41.6 Å². The maximum absolute atomic E-state index is 12.4. The van der Waals surface area contributed by atoms with Crippen LogP contribution in [0, 0.1) is 13.8 Å². The van der Waals surface area contributed by atoms with E-state index in [2.05, 4.69) is 15.5 Å². The molecule has 1 unspecified atom stereocenters. The summed E-state index contributed by atoms with van der Waals surface area (Å²) in [6.07, 6.45) is 1.19. The fraction of sp³-hybridized carbons (Fsp3) is 0.444. The third kappa shape index (κ3) is 3.70. The number of likely N-dealkylation sites (N-methyl/N-ethyl adjacent to an activating group) is 1. The predicted octanol–water partition coefficient (Wildman–Crippen LogP) is 1.89. The Bertz CT molecular complexity index is 799. The first-order valence-electron chi connectivity index (χ1n) is 8.38. The molecule has 3 rings (SSSR count). The van der Waals surface area contributed by atoms with Crippen molar-refractivity contribution in [2.75, 3.05) is 18.5 Å². The van der Waals surface area contributed by atoms with E-state index in [9.17, 15) is 9.59 Å². The van der Waals surface area contributed by atoms with Crippen LogP contribution in [0.15, 0.2) is 22.7 Å². The smallest absolute Gasteiger partial charge is 0.231 e. The molecule has 0 radical (unpaired) electrons. The van der Waals surface area contributed by atoms with Crippen molar-refractivity contribution in [3.8, 4) is 0 Å². The van der Waals surface area contributed by atoms with Crippen molar-refractivity contribution < 1.29 is 14.1 Å². The zero-order chi connectivity index (χ0) is 18.0. The lowest BCUT2D eigenvalue weighted by atomic mass is 9.96. The standard InChI is InChI=1S/C18H22N4O3/c1-11-4-6-14(8-12(11)2)22-10-13(5-7-17(22)24)18-20-15(21-25-18)9-16(23)19-3/h4,6,8,13H,5,7,9-10H2,1-3H3,(H,19,23). The number of hydrogen-bond acceptors (Lipinski definition) is 5. The molecule has 1 aliphatic rings. The Kier molecular flexibility index (Phi) is 4.83. The number of carbonyl (C=O) groups is 2. The Morgan fingerprint density at radius 1 is 1.36 bits per heavy atom. The molecule has 0 aliphatic carbocycles. The SMILES string of the molecule is CNC(=O)Cc1noc(C2CCC(=O)N(c3ccc(C)c(C)c3)C2)n1. The molecule has 0 spiro atoms. The quantitative estimate of drug-likeness (QED) is 0.916. The second-order valence-corrected chi connectivity index (χ2v) is 6.41. The summed E-state index contributed by atoms with van der Waals surface area (Å²) in [5.41, 5.74) is 3.24. The van der Waals surface area contributed by atoms with Crippen LogP contribution in [0.25, 0.3) is 0 Å². The maximum Gasteiger partial charge on any atom is 0.231 e. The van der Waals surface area contributed by atoms with Gasteiger partial charge in [0.2, 0.25) is 17.7 Å². The number of rotatable bonds is 4. The molecule has 7 heteroatoms. The minimum Gasteiger partial charge on any atom is -0.359 e. The van der Waals surface area contributed by atoms with Gasteiger partial charge in [-0.1, -0.05) is 11.2 Å². The van der Waals surface area contributed by atoms with E-state index in [1.54, 1.807) is 11.9 Å². The second-order valence-electron chi connectivity index (χ2n) is 6.41. The summed E-state index contributed by atoms with van der Waals surface area (Å²) in [6.45, 7) is 4.59. The molecule has 0 bridgehead atoms. The normalized spacial score (nSPS) is 17.6. The van der Waals surface area contributed by atoms with Gasteiger partial charge in [-0.3, -0.25) is 9.59 Å². The van der Waals surface area contributed by atoms with Crippen LogP contribution < -0.4 is 10.2 Å². The molecule has 132 valence electrons. The van der Waals surface area contributed by atoms with Crippen LogP contribution in [-0.2, 0) is 16.0 Å². The van der Waals surface area contributed by atoms with Crippen molar-refractivity contribution in [3.05, 3.63) is 41.0 Å². The van der Waals surface area contributed by atoms with Gasteiger partial charge in [0.15, 0.2) is 5.82 Å². The lowest BCUT2D eigenvalue weighted by molar-refractivity contribution is -0.120. The Balaban J connectivity index is 1.77. The Morgan fingerprint density at radius 2 is 2.16 bits per heavy atom. The van der Waals surface area contributed by atoms with Gasteiger partial charge in [0.1, 0.15) is 0 Å². The molecule has 2 amide bonds. The Hall–Kier alpha value is -2.70. The highest BCUT2D eigenvalue weighted by molar-refractivity contribution is 5.94. The summed E-state index contributed by atoms with van der Waals surface area (Å²) >= 11 is 0. The molecule has 25 heavy (non-hydrogen) atoms. The third-order valence-electron chi connectivity index (χ3n) is 4.64. The molecule has 1 aliphatic heterocycles. The Morgan fingerprint density at radius 3 is 2.88 bits per heavy atom. The van der Waals surface area contributed by atoms with Gasteiger partial charge < -0.3 is 14.7 Å². The van der Waals surface area contributed by atoms with Gasteiger partial charge in [-0.05, 0) is 43.5 Å². The van der Waals surface area contributed by atoms with E-state index in [4.69, 9.17) is 4.52 Å². The number of hydrogen-bond donors (Lipinski definition) is 1. The van der Waals surface area contributed by atoms with Gasteiger partial charge in [-0.2, -0.15) is 4.98 Å². The number of aromatic nitrogens is 2. The first-order valence-corrected chi connectivity index (χ1v) is 8.38. The average molecular weight is 342 g/mol. The van der Waals surface area contributed by atoms with Crippen molar-refractivity contribution in [1.29, 1.82) is 0 Å². The lowest BCUT2D eigenvalue weighted by Gasteiger charge is -2.31. The average Bonchev–Trinajstić information content (AvgIpc) is 3.06. The zero-order valence-corrected chi connectivity index (χ0v) is 14.7. The number of nitrogens with one attached hydrogen (secondary N) is 1. The summed E-state index contributed by atoms with van der Waals surface area (Å²) in [7, 11) is 1.57. The van der Waals surface area contributed by atoms with E-state index in [1.807, 2.05) is 32.0 Å². The number of carbonyl (C=O) groups excluding carboxylic acids is 2. The van der Waals surface area contributed by atoms with Crippen molar-refractivity contribution in [2.24, 2.45) is 0 Å². The maximum atomic E-state index is 12.4. The highest BCUT2D eigenvalue weighted by Gasteiger charge is 2.31. The molecule has 1 saturated heterocycles. The summed E-state index contributed by atoms with van der Waals surface area (Å²) in [6, 6.07) is 6.02. The summed E-state index contributed by atoms with van der Waals surface area (Å²) in [4.78, 5) is 29.9. The van der Waals surface area contributed by atoms with Crippen LogP contribution in [0.2, 0.25) is 0 Å². The molecule has 1 aromatic heterocycles. The third-order valence-corrected chi connectivity index (χ3v) is 4.64. The molecular weight excluding hydrogens is 320 g/mol. The molecule has 1 atom stereocenters. The number of amides is 2. The van der Waals surface area contributed by atoms with Gasteiger partial charge >= 0.3 is 0 Å². The van der Waals surface area contributed by atoms with E-state index >= 15 is 0 Å². The van der Waals surface area contributed by atoms with Gasteiger partial charge in [0.25, 0.3) is 0 Å². The number of benzene rings is 1. The van der Waals surface area contributed by atoms with Crippen LogP contribution in [0.3, 0.4) is 0 Å². The van der Waals surface area contributed by atoms with Crippen LogP contribution >= 0.6 is 0 Å².